The Morgan fingerprint density at radius 2 is 2.50 bits per heavy atom. The molecule has 0 fully saturated rings. The molecule has 0 saturated heterocycles. The van der Waals surface area contributed by atoms with Gasteiger partial charge < -0.3 is 10.6 Å². The van der Waals surface area contributed by atoms with Crippen LogP contribution in [0.2, 0.25) is 0 Å². The van der Waals surface area contributed by atoms with Crippen molar-refractivity contribution in [3.63, 3.8) is 0 Å². The molecule has 3 heterocycles. The lowest BCUT2D eigenvalue weighted by molar-refractivity contribution is 0.0929. The molecule has 0 saturated carbocycles. The molecule has 1 amide bonds. The van der Waals surface area contributed by atoms with Gasteiger partial charge in [0.1, 0.15) is 5.01 Å². The van der Waals surface area contributed by atoms with Crippen LogP contribution in [0, 0.1) is 0 Å². The van der Waals surface area contributed by atoms with E-state index in [1.807, 2.05) is 12.3 Å². The minimum Gasteiger partial charge on any atom is -0.341 e. The monoisotopic (exact) mass is 291 g/mol. The lowest BCUT2D eigenvalue weighted by Crippen LogP contribution is -2.31. The number of amides is 1. The molecule has 1 aliphatic rings. The standard InChI is InChI=1S/C13H17N5OS/c1-2-9(13-15-5-6-20-13)16-12(19)11-8-7-14-4-3-10(8)17-18-11/h5-6,9,14H,2-4,7H2,1H3,(H,16,19)(H,17,18). The van der Waals surface area contributed by atoms with Crippen LogP contribution >= 0.6 is 11.3 Å². The first-order valence-corrected chi connectivity index (χ1v) is 7.64. The summed E-state index contributed by atoms with van der Waals surface area (Å²) in [6.07, 6.45) is 3.46. The topological polar surface area (TPSA) is 82.7 Å². The second kappa shape index (κ2) is 5.72. The first-order chi connectivity index (χ1) is 9.79. The van der Waals surface area contributed by atoms with E-state index in [0.717, 1.165) is 35.7 Å². The molecular formula is C13H17N5OS. The van der Waals surface area contributed by atoms with Gasteiger partial charge in [0.25, 0.3) is 5.91 Å². The Labute approximate surface area is 121 Å². The van der Waals surface area contributed by atoms with E-state index in [4.69, 9.17) is 0 Å². The van der Waals surface area contributed by atoms with Crippen molar-refractivity contribution in [2.24, 2.45) is 0 Å². The van der Waals surface area contributed by atoms with Crippen molar-refractivity contribution in [3.8, 4) is 0 Å². The first kappa shape index (κ1) is 13.3. The third-order valence-corrected chi connectivity index (χ3v) is 4.37. The number of carbonyl (C=O) groups is 1. The predicted octanol–water partition coefficient (Wildman–Crippen LogP) is 1.39. The fourth-order valence-corrected chi connectivity index (χ4v) is 3.16. The lowest BCUT2D eigenvalue weighted by atomic mass is 10.1. The Kier molecular flexibility index (Phi) is 3.79. The molecule has 106 valence electrons. The van der Waals surface area contributed by atoms with E-state index in [0.29, 0.717) is 12.2 Å². The number of aromatic nitrogens is 3. The van der Waals surface area contributed by atoms with E-state index < -0.39 is 0 Å². The van der Waals surface area contributed by atoms with Crippen molar-refractivity contribution in [2.45, 2.75) is 32.4 Å². The number of aromatic amines is 1. The maximum atomic E-state index is 12.4. The molecule has 7 heteroatoms. The molecule has 20 heavy (non-hydrogen) atoms. The zero-order chi connectivity index (χ0) is 13.9. The van der Waals surface area contributed by atoms with Gasteiger partial charge >= 0.3 is 0 Å². The van der Waals surface area contributed by atoms with Crippen molar-refractivity contribution in [2.75, 3.05) is 6.54 Å². The number of hydrogen-bond donors (Lipinski definition) is 3. The highest BCUT2D eigenvalue weighted by molar-refractivity contribution is 7.09. The van der Waals surface area contributed by atoms with Crippen molar-refractivity contribution >= 4 is 17.2 Å². The Bertz CT molecular complexity index is 592. The van der Waals surface area contributed by atoms with Crippen molar-refractivity contribution in [1.82, 2.24) is 25.8 Å². The zero-order valence-corrected chi connectivity index (χ0v) is 12.1. The molecule has 1 unspecified atom stereocenters. The molecule has 3 N–H and O–H groups in total. The van der Waals surface area contributed by atoms with Crippen LogP contribution in [0.25, 0.3) is 0 Å². The summed E-state index contributed by atoms with van der Waals surface area (Å²) in [6, 6.07) is -0.0496. The van der Waals surface area contributed by atoms with Gasteiger partial charge in [-0.3, -0.25) is 9.89 Å². The Morgan fingerprint density at radius 1 is 1.60 bits per heavy atom. The SMILES string of the molecule is CCC(NC(=O)c1n[nH]c2c1CNCC2)c1nccs1. The largest absolute Gasteiger partial charge is 0.341 e. The molecule has 0 aliphatic carbocycles. The van der Waals surface area contributed by atoms with E-state index in [1.54, 1.807) is 17.5 Å². The fourth-order valence-electron chi connectivity index (χ4n) is 2.38. The highest BCUT2D eigenvalue weighted by Crippen LogP contribution is 2.21. The molecule has 0 spiro atoms. The van der Waals surface area contributed by atoms with Crippen LogP contribution in [0.1, 0.15) is 46.1 Å². The van der Waals surface area contributed by atoms with E-state index in [1.165, 1.54) is 0 Å². The molecule has 6 nitrogen and oxygen atoms in total. The van der Waals surface area contributed by atoms with Gasteiger partial charge in [-0.15, -0.1) is 11.3 Å². The minimum absolute atomic E-state index is 0.0496. The van der Waals surface area contributed by atoms with Gasteiger partial charge in [-0.1, -0.05) is 6.92 Å². The summed E-state index contributed by atoms with van der Waals surface area (Å²) in [4.78, 5) is 16.7. The second-order valence-corrected chi connectivity index (χ2v) is 5.69. The van der Waals surface area contributed by atoms with Crippen LogP contribution in [0.4, 0.5) is 0 Å². The van der Waals surface area contributed by atoms with Crippen molar-refractivity contribution < 1.29 is 4.79 Å². The Hall–Kier alpha value is -1.73. The minimum atomic E-state index is -0.131. The molecule has 0 bridgehead atoms. The van der Waals surface area contributed by atoms with Gasteiger partial charge in [0.15, 0.2) is 5.69 Å². The number of rotatable bonds is 4. The average molecular weight is 291 g/mol. The summed E-state index contributed by atoms with van der Waals surface area (Å²) in [5.41, 5.74) is 2.56. The maximum absolute atomic E-state index is 12.4. The maximum Gasteiger partial charge on any atom is 0.272 e. The molecule has 3 rings (SSSR count). The number of fused-ring (bicyclic) bond motifs is 1. The summed E-state index contributed by atoms with van der Waals surface area (Å²) in [5, 5.41) is 16.3. The van der Waals surface area contributed by atoms with Gasteiger partial charge in [0.05, 0.1) is 6.04 Å². The summed E-state index contributed by atoms with van der Waals surface area (Å²) in [7, 11) is 0. The second-order valence-electron chi connectivity index (χ2n) is 4.76. The van der Waals surface area contributed by atoms with E-state index in [-0.39, 0.29) is 11.9 Å². The molecule has 1 atom stereocenters. The molecule has 0 aromatic carbocycles. The summed E-state index contributed by atoms with van der Waals surface area (Å²) in [6.45, 7) is 3.66. The summed E-state index contributed by atoms with van der Waals surface area (Å²) < 4.78 is 0. The van der Waals surface area contributed by atoms with E-state index >= 15 is 0 Å². The molecule has 1 aliphatic heterocycles. The predicted molar refractivity (Wildman–Crippen MR) is 76.6 cm³/mol. The van der Waals surface area contributed by atoms with Gasteiger partial charge in [-0.05, 0) is 6.42 Å². The van der Waals surface area contributed by atoms with Crippen LogP contribution in [-0.2, 0) is 13.0 Å². The van der Waals surface area contributed by atoms with Crippen LogP contribution in [0.5, 0.6) is 0 Å². The van der Waals surface area contributed by atoms with Crippen LogP contribution in [0.15, 0.2) is 11.6 Å². The van der Waals surface area contributed by atoms with Crippen LogP contribution in [0.3, 0.4) is 0 Å². The highest BCUT2D eigenvalue weighted by Gasteiger charge is 2.24. The number of thiazole rings is 1. The van der Waals surface area contributed by atoms with Crippen molar-refractivity contribution in [3.05, 3.63) is 33.5 Å². The van der Waals surface area contributed by atoms with Crippen LogP contribution in [-0.4, -0.2) is 27.6 Å². The summed E-state index contributed by atoms with van der Waals surface area (Å²) >= 11 is 1.56. The smallest absolute Gasteiger partial charge is 0.272 e. The first-order valence-electron chi connectivity index (χ1n) is 6.76. The summed E-state index contributed by atoms with van der Waals surface area (Å²) in [5.74, 6) is -0.131. The Morgan fingerprint density at radius 3 is 3.25 bits per heavy atom. The van der Waals surface area contributed by atoms with E-state index in [9.17, 15) is 4.79 Å². The third kappa shape index (κ3) is 2.46. The molecule has 0 radical (unpaired) electrons. The van der Waals surface area contributed by atoms with Crippen molar-refractivity contribution in [1.29, 1.82) is 0 Å². The van der Waals surface area contributed by atoms with Gasteiger partial charge in [0.2, 0.25) is 0 Å². The van der Waals surface area contributed by atoms with Crippen LogP contribution < -0.4 is 10.6 Å². The zero-order valence-electron chi connectivity index (χ0n) is 11.3. The normalized spacial score (nSPS) is 15.7. The van der Waals surface area contributed by atoms with Gasteiger partial charge in [-0.25, -0.2) is 4.98 Å². The van der Waals surface area contributed by atoms with E-state index in [2.05, 4.69) is 25.8 Å². The number of H-pyrrole nitrogens is 1. The third-order valence-electron chi connectivity index (χ3n) is 3.48. The fraction of sp³-hybridized carbons (Fsp3) is 0.462. The Balaban J connectivity index is 1.77. The number of nitrogens with one attached hydrogen (secondary N) is 3. The average Bonchev–Trinajstić information content (AvgIpc) is 3.13. The van der Waals surface area contributed by atoms with Gasteiger partial charge in [0, 0.05) is 42.3 Å². The highest BCUT2D eigenvalue weighted by atomic mass is 32.1. The van der Waals surface area contributed by atoms with Gasteiger partial charge in [-0.2, -0.15) is 5.10 Å². The molecule has 2 aromatic heterocycles. The quantitative estimate of drug-likeness (QED) is 0.795. The number of carbonyl (C=O) groups excluding carboxylic acids is 1. The molecule has 2 aromatic rings. The lowest BCUT2D eigenvalue weighted by Gasteiger charge is -2.16. The number of nitrogens with zero attached hydrogens (tertiary/aromatic N) is 2. The molecular weight excluding hydrogens is 274 g/mol. The number of hydrogen-bond acceptors (Lipinski definition) is 5.